The largest absolute Gasteiger partial charge is 0.371 e. The molecule has 15 heavy (non-hydrogen) atoms. The van der Waals surface area contributed by atoms with E-state index in [9.17, 15) is 4.79 Å². The lowest BCUT2D eigenvalue weighted by Gasteiger charge is -2.08. The summed E-state index contributed by atoms with van der Waals surface area (Å²) in [4.78, 5) is 10.4. The number of carbonyl (C=O) groups is 1. The normalized spacial score (nSPS) is 12.7. The molecular weight excluding hydrogens is 188 g/mol. The van der Waals surface area contributed by atoms with Crippen LogP contribution in [-0.2, 0) is 9.53 Å². The minimum absolute atomic E-state index is 0.176. The zero-order valence-electron chi connectivity index (χ0n) is 10.3. The van der Waals surface area contributed by atoms with Crippen molar-refractivity contribution in [3.8, 4) is 0 Å². The molecule has 0 aromatic rings. The number of hydrogen-bond acceptors (Lipinski definition) is 2. The maximum Gasteiger partial charge on any atom is 0.148 e. The molecule has 90 valence electrons. The topological polar surface area (TPSA) is 26.3 Å². The summed E-state index contributed by atoms with van der Waals surface area (Å²) in [6.45, 7) is 4.95. The van der Waals surface area contributed by atoms with E-state index < -0.39 is 0 Å². The van der Waals surface area contributed by atoms with Crippen LogP contribution < -0.4 is 0 Å². The Morgan fingerprint density at radius 3 is 2.13 bits per heavy atom. The third-order valence-corrected chi connectivity index (χ3v) is 2.63. The van der Waals surface area contributed by atoms with Crippen molar-refractivity contribution >= 4 is 6.29 Å². The molecule has 1 unspecified atom stereocenters. The van der Waals surface area contributed by atoms with Crippen molar-refractivity contribution in [1.29, 1.82) is 0 Å². The third kappa shape index (κ3) is 9.92. The zero-order chi connectivity index (χ0) is 11.4. The van der Waals surface area contributed by atoms with Crippen LogP contribution in [0.15, 0.2) is 0 Å². The molecule has 0 heterocycles. The molecule has 0 aromatic heterocycles. The zero-order valence-corrected chi connectivity index (χ0v) is 10.3. The first kappa shape index (κ1) is 14.6. The fourth-order valence-corrected chi connectivity index (χ4v) is 1.55. The van der Waals surface area contributed by atoms with E-state index >= 15 is 0 Å². The van der Waals surface area contributed by atoms with Crippen molar-refractivity contribution in [2.24, 2.45) is 0 Å². The second-order valence-corrected chi connectivity index (χ2v) is 4.07. The Kier molecular flexibility index (Phi) is 11.4. The Bertz CT molecular complexity index is 134. The molecule has 2 heteroatoms. The van der Waals surface area contributed by atoms with Gasteiger partial charge < -0.3 is 9.53 Å². The van der Waals surface area contributed by atoms with E-state index in [1.807, 2.05) is 6.92 Å². The number of ether oxygens (including phenoxy) is 1. The minimum Gasteiger partial charge on any atom is -0.371 e. The predicted molar refractivity (Wildman–Crippen MR) is 64.1 cm³/mol. The molecule has 0 aromatic carbocycles. The fraction of sp³-hybridized carbons (Fsp3) is 0.923. The van der Waals surface area contributed by atoms with Crippen LogP contribution in [0.5, 0.6) is 0 Å². The summed E-state index contributed by atoms with van der Waals surface area (Å²) in [5.41, 5.74) is 0. The number of hydrogen-bond donors (Lipinski definition) is 0. The van der Waals surface area contributed by atoms with E-state index in [1.54, 1.807) is 0 Å². The highest BCUT2D eigenvalue weighted by Gasteiger charge is 2.02. The summed E-state index contributed by atoms with van der Waals surface area (Å²) < 4.78 is 5.40. The first-order valence-corrected chi connectivity index (χ1v) is 6.42. The summed E-state index contributed by atoms with van der Waals surface area (Å²) in [7, 11) is 0. The number of unbranched alkanes of at least 4 members (excludes halogenated alkanes) is 6. The van der Waals surface area contributed by atoms with E-state index in [2.05, 4.69) is 6.92 Å². The van der Waals surface area contributed by atoms with E-state index in [-0.39, 0.29) is 6.10 Å². The van der Waals surface area contributed by atoms with Gasteiger partial charge in [0.2, 0.25) is 0 Å². The Balaban J connectivity index is 3.07. The SMILES string of the molecule is CCCCCCCCCOC(C=O)CC. The lowest BCUT2D eigenvalue weighted by molar-refractivity contribution is -0.118. The van der Waals surface area contributed by atoms with Crippen LogP contribution in [0.1, 0.15) is 65.2 Å². The van der Waals surface area contributed by atoms with E-state index in [0.29, 0.717) is 0 Å². The lowest BCUT2D eigenvalue weighted by atomic mass is 10.1. The maximum absolute atomic E-state index is 10.4. The van der Waals surface area contributed by atoms with Gasteiger partial charge in [-0.25, -0.2) is 0 Å². The second-order valence-electron chi connectivity index (χ2n) is 4.07. The third-order valence-electron chi connectivity index (χ3n) is 2.63. The minimum atomic E-state index is -0.176. The molecule has 0 fully saturated rings. The molecule has 0 saturated heterocycles. The number of carbonyl (C=O) groups excluding carboxylic acids is 1. The Morgan fingerprint density at radius 1 is 1.00 bits per heavy atom. The standard InChI is InChI=1S/C13H26O2/c1-3-5-6-7-8-9-10-11-15-13(4-2)12-14/h12-13H,3-11H2,1-2H3. The Morgan fingerprint density at radius 2 is 1.60 bits per heavy atom. The van der Waals surface area contributed by atoms with Gasteiger partial charge in [-0.1, -0.05) is 52.4 Å². The molecule has 0 radical (unpaired) electrons. The van der Waals surface area contributed by atoms with Gasteiger partial charge in [0.05, 0.1) is 0 Å². The van der Waals surface area contributed by atoms with Gasteiger partial charge in [-0.05, 0) is 12.8 Å². The molecule has 0 rings (SSSR count). The van der Waals surface area contributed by atoms with Gasteiger partial charge >= 0.3 is 0 Å². The highest BCUT2D eigenvalue weighted by atomic mass is 16.5. The van der Waals surface area contributed by atoms with Crippen LogP contribution in [0.25, 0.3) is 0 Å². The van der Waals surface area contributed by atoms with Gasteiger partial charge in [-0.2, -0.15) is 0 Å². The molecule has 2 nitrogen and oxygen atoms in total. The molecule has 1 atom stereocenters. The maximum atomic E-state index is 10.4. The summed E-state index contributed by atoms with van der Waals surface area (Å²) in [5.74, 6) is 0. The van der Waals surface area contributed by atoms with E-state index in [1.165, 1.54) is 38.5 Å². The van der Waals surface area contributed by atoms with Crippen LogP contribution in [-0.4, -0.2) is 19.0 Å². The van der Waals surface area contributed by atoms with Crippen molar-refractivity contribution in [2.45, 2.75) is 71.3 Å². The molecule has 0 aliphatic rings. The highest BCUT2D eigenvalue weighted by molar-refractivity contribution is 5.55. The molecule has 0 spiro atoms. The summed E-state index contributed by atoms with van der Waals surface area (Å²) in [6.07, 6.45) is 10.5. The van der Waals surface area contributed by atoms with Gasteiger partial charge in [0.1, 0.15) is 12.4 Å². The average molecular weight is 214 g/mol. The average Bonchev–Trinajstić information content (AvgIpc) is 2.27. The number of rotatable bonds is 11. The summed E-state index contributed by atoms with van der Waals surface area (Å²) in [5, 5.41) is 0. The smallest absolute Gasteiger partial charge is 0.148 e. The van der Waals surface area contributed by atoms with Crippen molar-refractivity contribution in [3.05, 3.63) is 0 Å². The van der Waals surface area contributed by atoms with Crippen molar-refractivity contribution in [2.75, 3.05) is 6.61 Å². The molecule has 0 amide bonds. The monoisotopic (exact) mass is 214 g/mol. The van der Waals surface area contributed by atoms with Crippen LogP contribution in [0, 0.1) is 0 Å². The number of aldehydes is 1. The van der Waals surface area contributed by atoms with Gasteiger partial charge in [-0.15, -0.1) is 0 Å². The van der Waals surface area contributed by atoms with Gasteiger partial charge in [-0.3, -0.25) is 0 Å². The molecule has 0 aliphatic heterocycles. The molecule has 0 saturated carbocycles. The summed E-state index contributed by atoms with van der Waals surface area (Å²) in [6, 6.07) is 0. The van der Waals surface area contributed by atoms with E-state index in [4.69, 9.17) is 4.74 Å². The first-order valence-electron chi connectivity index (χ1n) is 6.42. The van der Waals surface area contributed by atoms with Crippen LogP contribution in [0.4, 0.5) is 0 Å². The molecule has 0 N–H and O–H groups in total. The first-order chi connectivity index (χ1) is 7.35. The molecular formula is C13H26O2. The second kappa shape index (κ2) is 11.7. The fourth-order valence-electron chi connectivity index (χ4n) is 1.55. The Hall–Kier alpha value is -0.370. The summed E-state index contributed by atoms with van der Waals surface area (Å²) >= 11 is 0. The van der Waals surface area contributed by atoms with Crippen molar-refractivity contribution < 1.29 is 9.53 Å². The van der Waals surface area contributed by atoms with Gasteiger partial charge in [0, 0.05) is 6.61 Å². The highest BCUT2D eigenvalue weighted by Crippen LogP contribution is 2.07. The van der Waals surface area contributed by atoms with Crippen LogP contribution in [0.3, 0.4) is 0 Å². The van der Waals surface area contributed by atoms with Crippen LogP contribution in [0.2, 0.25) is 0 Å². The molecule has 0 aliphatic carbocycles. The van der Waals surface area contributed by atoms with Gasteiger partial charge in [0.15, 0.2) is 0 Å². The van der Waals surface area contributed by atoms with Crippen molar-refractivity contribution in [1.82, 2.24) is 0 Å². The predicted octanol–water partition coefficient (Wildman–Crippen LogP) is 3.73. The quantitative estimate of drug-likeness (QED) is 0.387. The van der Waals surface area contributed by atoms with E-state index in [0.717, 1.165) is 25.7 Å². The van der Waals surface area contributed by atoms with Crippen molar-refractivity contribution in [3.63, 3.8) is 0 Å². The Labute approximate surface area is 94.4 Å². The lowest BCUT2D eigenvalue weighted by Crippen LogP contribution is -2.13. The van der Waals surface area contributed by atoms with Crippen LogP contribution >= 0.6 is 0 Å². The van der Waals surface area contributed by atoms with Gasteiger partial charge in [0.25, 0.3) is 0 Å². The molecule has 0 bridgehead atoms.